The molecule has 2 N–H and O–H groups in total. The number of hydrogen-bond donors (Lipinski definition) is 2. The molecule has 1 amide bonds. The van der Waals surface area contributed by atoms with Crippen LogP contribution in [0.5, 0.6) is 5.75 Å². The Morgan fingerprint density at radius 1 is 1.53 bits per heavy atom. The molecule has 0 atom stereocenters. The molecule has 1 aromatic rings. The highest BCUT2D eigenvalue weighted by Crippen LogP contribution is 2.20. The molecule has 0 aliphatic heterocycles. The first-order valence-electron chi connectivity index (χ1n) is 5.80. The predicted molar refractivity (Wildman–Crippen MR) is 67.2 cm³/mol. The molecule has 1 rings (SSSR count). The van der Waals surface area contributed by atoms with E-state index in [0.717, 1.165) is 12.2 Å². The van der Waals surface area contributed by atoms with Crippen LogP contribution >= 0.6 is 0 Å². The van der Waals surface area contributed by atoms with E-state index in [0.29, 0.717) is 25.4 Å². The van der Waals surface area contributed by atoms with Crippen molar-refractivity contribution in [3.63, 3.8) is 0 Å². The van der Waals surface area contributed by atoms with E-state index < -0.39 is 0 Å². The highest BCUT2D eigenvalue weighted by Gasteiger charge is 2.04. The van der Waals surface area contributed by atoms with Crippen molar-refractivity contribution in [3.05, 3.63) is 18.3 Å². The van der Waals surface area contributed by atoms with Crippen molar-refractivity contribution < 1.29 is 9.53 Å². The summed E-state index contributed by atoms with van der Waals surface area (Å²) < 4.78 is 5.54. The number of nitrogens with one attached hydrogen (secondary N) is 2. The molecule has 0 unspecified atom stereocenters. The molecule has 0 saturated heterocycles. The van der Waals surface area contributed by atoms with E-state index in [9.17, 15) is 4.79 Å². The molecule has 0 aromatic carbocycles. The van der Waals surface area contributed by atoms with Gasteiger partial charge in [0.25, 0.3) is 0 Å². The van der Waals surface area contributed by atoms with Crippen LogP contribution in [0.2, 0.25) is 0 Å². The van der Waals surface area contributed by atoms with Gasteiger partial charge < -0.3 is 15.4 Å². The van der Waals surface area contributed by atoms with Crippen LogP contribution < -0.4 is 15.4 Å². The number of ether oxygens (including phenoxy) is 1. The first kappa shape index (κ1) is 13.3. The summed E-state index contributed by atoms with van der Waals surface area (Å²) in [6.07, 6.45) is 3.06. The standard InChI is InChI=1S/C12H19N3O2/c1-3-9-17-10-5-4-7-14-12(10)15-8-6-11(16)13-2/h4-5,7H,3,6,8-9H2,1-2H3,(H,13,16)(H,14,15). The molecular weight excluding hydrogens is 218 g/mol. The van der Waals surface area contributed by atoms with Gasteiger partial charge in [-0.3, -0.25) is 4.79 Å². The van der Waals surface area contributed by atoms with E-state index in [2.05, 4.69) is 22.5 Å². The van der Waals surface area contributed by atoms with Crippen molar-refractivity contribution >= 4 is 11.7 Å². The molecule has 0 spiro atoms. The zero-order chi connectivity index (χ0) is 12.5. The average Bonchev–Trinajstić information content (AvgIpc) is 2.37. The van der Waals surface area contributed by atoms with Gasteiger partial charge in [0.1, 0.15) is 0 Å². The Balaban J connectivity index is 2.48. The SMILES string of the molecule is CCCOc1cccnc1NCCC(=O)NC. The summed E-state index contributed by atoms with van der Waals surface area (Å²) in [6, 6.07) is 3.69. The van der Waals surface area contributed by atoms with Crippen molar-refractivity contribution in [1.29, 1.82) is 0 Å². The van der Waals surface area contributed by atoms with Gasteiger partial charge in [0.15, 0.2) is 11.6 Å². The van der Waals surface area contributed by atoms with Gasteiger partial charge in [0, 0.05) is 26.2 Å². The van der Waals surface area contributed by atoms with Gasteiger partial charge in [0.05, 0.1) is 6.61 Å². The van der Waals surface area contributed by atoms with Gasteiger partial charge in [-0.1, -0.05) is 6.92 Å². The van der Waals surface area contributed by atoms with E-state index in [1.165, 1.54) is 0 Å². The maximum Gasteiger partial charge on any atom is 0.221 e. The van der Waals surface area contributed by atoms with Gasteiger partial charge in [-0.25, -0.2) is 4.98 Å². The Morgan fingerprint density at radius 2 is 2.35 bits per heavy atom. The number of rotatable bonds is 7. The second-order valence-electron chi connectivity index (χ2n) is 3.55. The maximum atomic E-state index is 11.1. The Morgan fingerprint density at radius 3 is 3.06 bits per heavy atom. The van der Waals surface area contributed by atoms with E-state index >= 15 is 0 Å². The lowest BCUT2D eigenvalue weighted by Crippen LogP contribution is -2.21. The molecule has 1 heterocycles. The summed E-state index contributed by atoms with van der Waals surface area (Å²) >= 11 is 0. The van der Waals surface area contributed by atoms with Crippen LogP contribution in [0.25, 0.3) is 0 Å². The quantitative estimate of drug-likeness (QED) is 0.752. The third kappa shape index (κ3) is 4.72. The van der Waals surface area contributed by atoms with Gasteiger partial charge in [-0.15, -0.1) is 0 Å². The minimum atomic E-state index is 0.00413. The lowest BCUT2D eigenvalue weighted by molar-refractivity contribution is -0.120. The molecule has 17 heavy (non-hydrogen) atoms. The molecule has 1 aromatic heterocycles. The van der Waals surface area contributed by atoms with Gasteiger partial charge in [0.2, 0.25) is 5.91 Å². The number of carbonyl (C=O) groups excluding carboxylic acids is 1. The van der Waals surface area contributed by atoms with E-state index in [1.807, 2.05) is 12.1 Å². The predicted octanol–water partition coefficient (Wildman–Crippen LogP) is 1.42. The zero-order valence-corrected chi connectivity index (χ0v) is 10.3. The van der Waals surface area contributed by atoms with Crippen molar-refractivity contribution in [2.45, 2.75) is 19.8 Å². The smallest absolute Gasteiger partial charge is 0.221 e. The Bertz CT molecular complexity index is 355. The van der Waals surface area contributed by atoms with Gasteiger partial charge in [-0.2, -0.15) is 0 Å². The number of anilines is 1. The molecule has 0 bridgehead atoms. The fraction of sp³-hybridized carbons (Fsp3) is 0.500. The summed E-state index contributed by atoms with van der Waals surface area (Å²) in [7, 11) is 1.62. The van der Waals surface area contributed by atoms with Crippen LogP contribution in [0.3, 0.4) is 0 Å². The highest BCUT2D eigenvalue weighted by atomic mass is 16.5. The summed E-state index contributed by atoms with van der Waals surface area (Å²) in [4.78, 5) is 15.2. The number of carbonyl (C=O) groups is 1. The summed E-state index contributed by atoms with van der Waals surface area (Å²) in [5, 5.41) is 5.66. The minimum Gasteiger partial charge on any atom is -0.490 e. The molecule has 0 radical (unpaired) electrons. The minimum absolute atomic E-state index is 0.00413. The van der Waals surface area contributed by atoms with Crippen LogP contribution in [0.15, 0.2) is 18.3 Å². The van der Waals surface area contributed by atoms with Gasteiger partial charge in [-0.05, 0) is 18.6 Å². The third-order valence-electron chi connectivity index (χ3n) is 2.16. The number of pyridine rings is 1. The lowest BCUT2D eigenvalue weighted by Gasteiger charge is -2.11. The summed E-state index contributed by atoms with van der Waals surface area (Å²) in [6.45, 7) is 3.25. The lowest BCUT2D eigenvalue weighted by atomic mass is 10.3. The maximum absolute atomic E-state index is 11.1. The molecule has 0 saturated carbocycles. The van der Waals surface area contributed by atoms with Crippen LogP contribution in [0.1, 0.15) is 19.8 Å². The van der Waals surface area contributed by atoms with Gasteiger partial charge >= 0.3 is 0 Å². The van der Waals surface area contributed by atoms with Crippen LogP contribution in [-0.4, -0.2) is 31.1 Å². The monoisotopic (exact) mass is 237 g/mol. The van der Waals surface area contributed by atoms with Crippen molar-refractivity contribution in [3.8, 4) is 5.75 Å². The number of amides is 1. The van der Waals surface area contributed by atoms with Crippen molar-refractivity contribution in [2.24, 2.45) is 0 Å². The number of nitrogens with zero attached hydrogens (tertiary/aromatic N) is 1. The van der Waals surface area contributed by atoms with E-state index in [-0.39, 0.29) is 5.91 Å². The summed E-state index contributed by atoms with van der Waals surface area (Å²) in [5.41, 5.74) is 0. The average molecular weight is 237 g/mol. The normalized spacial score (nSPS) is 9.76. The molecule has 0 aliphatic rings. The fourth-order valence-electron chi connectivity index (χ4n) is 1.27. The Hall–Kier alpha value is -1.78. The molecule has 94 valence electrons. The fourth-order valence-corrected chi connectivity index (χ4v) is 1.27. The van der Waals surface area contributed by atoms with E-state index in [4.69, 9.17) is 4.74 Å². The van der Waals surface area contributed by atoms with Crippen molar-refractivity contribution in [1.82, 2.24) is 10.3 Å². The summed E-state index contributed by atoms with van der Waals surface area (Å²) in [5.74, 6) is 1.42. The highest BCUT2D eigenvalue weighted by molar-refractivity contribution is 5.76. The first-order valence-corrected chi connectivity index (χ1v) is 5.80. The first-order chi connectivity index (χ1) is 8.27. The second kappa shape index (κ2) is 7.49. The molecule has 5 heteroatoms. The molecule has 5 nitrogen and oxygen atoms in total. The second-order valence-corrected chi connectivity index (χ2v) is 3.55. The molecular formula is C12H19N3O2. The topological polar surface area (TPSA) is 63.2 Å². The van der Waals surface area contributed by atoms with Crippen LogP contribution in [0.4, 0.5) is 5.82 Å². The van der Waals surface area contributed by atoms with Crippen LogP contribution in [0, 0.1) is 0 Å². The Kier molecular flexibility index (Phi) is 5.85. The van der Waals surface area contributed by atoms with Crippen LogP contribution in [-0.2, 0) is 4.79 Å². The molecule has 0 aliphatic carbocycles. The van der Waals surface area contributed by atoms with Crippen molar-refractivity contribution in [2.75, 3.05) is 25.5 Å². The van der Waals surface area contributed by atoms with E-state index in [1.54, 1.807) is 13.2 Å². The largest absolute Gasteiger partial charge is 0.490 e. The Labute approximate surface area is 102 Å². The third-order valence-corrected chi connectivity index (χ3v) is 2.16. The number of aromatic nitrogens is 1. The number of hydrogen-bond acceptors (Lipinski definition) is 4. The molecule has 0 fully saturated rings. The zero-order valence-electron chi connectivity index (χ0n) is 10.3.